The number of rotatable bonds is 9. The summed E-state index contributed by atoms with van der Waals surface area (Å²) in [5, 5.41) is 2.09. The van der Waals surface area contributed by atoms with Crippen LogP contribution >= 0.6 is 11.3 Å². The molecule has 0 bridgehead atoms. The minimum absolute atomic E-state index is 0.00826. The Labute approximate surface area is 180 Å². The fourth-order valence-corrected chi connectivity index (χ4v) is 3.44. The number of carbonyl (C=O) groups excluding carboxylic acids is 2. The standard InChI is InChI=1S/C21H29N5O3S/c1-21(2,3)29-20(28)26(14-15-8-5-4-6-9-15)16(10-7-11-25-19(22)23)17(27)18-24-12-13-30-18/h4-6,8-9,12-13,16H,7,10-11,14H2,1-3H3,(H4,22,23,25). The molecule has 0 spiro atoms. The number of Topliss-reactive ketones (excluding diaryl/α,β-unsaturated/α-hetero) is 1. The number of hydrogen-bond acceptors (Lipinski definition) is 6. The molecule has 0 fully saturated rings. The third-order valence-electron chi connectivity index (χ3n) is 4.08. The van der Waals surface area contributed by atoms with Crippen LogP contribution in [-0.4, -0.2) is 45.9 Å². The van der Waals surface area contributed by atoms with E-state index in [1.165, 1.54) is 16.2 Å². The first-order valence-electron chi connectivity index (χ1n) is 9.70. The Morgan fingerprint density at radius 3 is 2.50 bits per heavy atom. The molecule has 1 aromatic carbocycles. The zero-order valence-electron chi connectivity index (χ0n) is 17.6. The summed E-state index contributed by atoms with van der Waals surface area (Å²) < 4.78 is 5.62. The summed E-state index contributed by atoms with van der Waals surface area (Å²) in [6, 6.07) is 8.73. The molecule has 8 nitrogen and oxygen atoms in total. The zero-order valence-corrected chi connectivity index (χ0v) is 18.4. The van der Waals surface area contributed by atoms with Gasteiger partial charge >= 0.3 is 6.09 Å². The maximum Gasteiger partial charge on any atom is 0.411 e. The molecule has 4 N–H and O–H groups in total. The van der Waals surface area contributed by atoms with Gasteiger partial charge in [0.15, 0.2) is 11.0 Å². The van der Waals surface area contributed by atoms with Crippen LogP contribution in [0, 0.1) is 0 Å². The predicted molar refractivity (Wildman–Crippen MR) is 118 cm³/mol. The van der Waals surface area contributed by atoms with Gasteiger partial charge in [-0.1, -0.05) is 30.3 Å². The van der Waals surface area contributed by atoms with Crippen molar-refractivity contribution >= 4 is 29.2 Å². The number of aliphatic imine (C=N–C) groups is 1. The first kappa shape index (κ1) is 23.3. The molecule has 0 saturated carbocycles. The second-order valence-corrected chi connectivity index (χ2v) is 8.65. The zero-order chi connectivity index (χ0) is 22.1. The molecule has 1 aromatic heterocycles. The summed E-state index contributed by atoms with van der Waals surface area (Å²) >= 11 is 1.25. The highest BCUT2D eigenvalue weighted by molar-refractivity contribution is 7.11. The average molecular weight is 432 g/mol. The second kappa shape index (κ2) is 10.7. The summed E-state index contributed by atoms with van der Waals surface area (Å²) in [5.41, 5.74) is 11.0. The highest BCUT2D eigenvalue weighted by Crippen LogP contribution is 2.22. The van der Waals surface area contributed by atoms with Gasteiger partial charge in [-0.15, -0.1) is 11.3 Å². The van der Waals surface area contributed by atoms with Crippen molar-refractivity contribution in [3.63, 3.8) is 0 Å². The summed E-state index contributed by atoms with van der Waals surface area (Å²) in [7, 11) is 0. The number of amides is 1. The van der Waals surface area contributed by atoms with Gasteiger partial charge in [-0.25, -0.2) is 9.78 Å². The van der Waals surface area contributed by atoms with Gasteiger partial charge in [-0.3, -0.25) is 14.7 Å². The third kappa shape index (κ3) is 7.47. The molecule has 162 valence electrons. The molecular formula is C21H29N5O3S. The number of hydrogen-bond donors (Lipinski definition) is 2. The predicted octanol–water partition coefficient (Wildman–Crippen LogP) is 3.19. The van der Waals surface area contributed by atoms with Gasteiger partial charge < -0.3 is 16.2 Å². The largest absolute Gasteiger partial charge is 0.444 e. The van der Waals surface area contributed by atoms with Crippen molar-refractivity contribution in [3.8, 4) is 0 Å². The van der Waals surface area contributed by atoms with E-state index >= 15 is 0 Å². The lowest BCUT2D eigenvalue weighted by Crippen LogP contribution is -2.47. The van der Waals surface area contributed by atoms with Crippen LogP contribution in [0.1, 0.15) is 49.0 Å². The fourth-order valence-electron chi connectivity index (χ4n) is 2.81. The van der Waals surface area contributed by atoms with E-state index < -0.39 is 17.7 Å². The van der Waals surface area contributed by atoms with Crippen molar-refractivity contribution in [1.29, 1.82) is 0 Å². The van der Waals surface area contributed by atoms with Gasteiger partial charge in [0.05, 0.1) is 0 Å². The molecule has 30 heavy (non-hydrogen) atoms. The van der Waals surface area contributed by atoms with Crippen LogP contribution in [0.2, 0.25) is 0 Å². The molecule has 2 aromatic rings. The Balaban J connectivity index is 2.34. The van der Waals surface area contributed by atoms with Gasteiger partial charge in [-0.2, -0.15) is 0 Å². The summed E-state index contributed by atoms with van der Waals surface area (Å²) in [4.78, 5) is 35.9. The van der Waals surface area contributed by atoms with E-state index in [4.69, 9.17) is 16.2 Å². The number of ketones is 1. The van der Waals surface area contributed by atoms with Crippen molar-refractivity contribution in [2.24, 2.45) is 16.5 Å². The molecule has 0 aliphatic carbocycles. The maximum absolute atomic E-state index is 13.2. The van der Waals surface area contributed by atoms with E-state index in [0.29, 0.717) is 24.4 Å². The minimum Gasteiger partial charge on any atom is -0.444 e. The van der Waals surface area contributed by atoms with Crippen LogP contribution < -0.4 is 11.5 Å². The monoisotopic (exact) mass is 431 g/mol. The SMILES string of the molecule is CC(C)(C)OC(=O)N(Cc1ccccc1)C(CCCN=C(N)N)C(=O)c1nccs1. The lowest BCUT2D eigenvalue weighted by atomic mass is 10.0. The molecule has 9 heteroatoms. The number of guanidine groups is 1. The van der Waals surface area contributed by atoms with Gasteiger partial charge in [0, 0.05) is 24.7 Å². The van der Waals surface area contributed by atoms with Crippen LogP contribution in [0.5, 0.6) is 0 Å². The van der Waals surface area contributed by atoms with E-state index in [-0.39, 0.29) is 18.3 Å². The molecule has 1 heterocycles. The molecule has 1 unspecified atom stereocenters. The van der Waals surface area contributed by atoms with E-state index in [0.717, 1.165) is 5.56 Å². The summed E-state index contributed by atoms with van der Waals surface area (Å²) in [6.45, 7) is 5.98. The number of thiazole rings is 1. The Morgan fingerprint density at radius 1 is 1.23 bits per heavy atom. The third-order valence-corrected chi connectivity index (χ3v) is 4.86. The normalized spacial score (nSPS) is 12.1. The smallest absolute Gasteiger partial charge is 0.411 e. The van der Waals surface area contributed by atoms with Gasteiger partial charge in [0.2, 0.25) is 5.78 Å². The number of aromatic nitrogens is 1. The van der Waals surface area contributed by atoms with Crippen molar-refractivity contribution in [3.05, 3.63) is 52.5 Å². The van der Waals surface area contributed by atoms with Crippen LogP contribution in [-0.2, 0) is 11.3 Å². The van der Waals surface area contributed by atoms with E-state index in [1.54, 1.807) is 32.3 Å². The Hall–Kier alpha value is -2.94. The summed E-state index contributed by atoms with van der Waals surface area (Å²) in [6.07, 6.45) is 1.92. The molecule has 0 aliphatic heterocycles. The van der Waals surface area contributed by atoms with E-state index in [9.17, 15) is 9.59 Å². The van der Waals surface area contributed by atoms with Crippen molar-refractivity contribution < 1.29 is 14.3 Å². The van der Waals surface area contributed by atoms with Gasteiger partial charge in [0.25, 0.3) is 0 Å². The average Bonchev–Trinajstić information content (AvgIpc) is 3.20. The molecular weight excluding hydrogens is 402 g/mol. The van der Waals surface area contributed by atoms with E-state index in [2.05, 4.69) is 9.98 Å². The molecule has 0 saturated heterocycles. The quantitative estimate of drug-likeness (QED) is 0.272. The lowest BCUT2D eigenvalue weighted by molar-refractivity contribution is 0.0131. The van der Waals surface area contributed by atoms with Gasteiger partial charge in [0.1, 0.15) is 11.6 Å². The van der Waals surface area contributed by atoms with Gasteiger partial charge in [-0.05, 0) is 39.2 Å². The summed E-state index contributed by atoms with van der Waals surface area (Å²) in [5.74, 6) is -0.234. The Bertz CT molecular complexity index is 843. The second-order valence-electron chi connectivity index (χ2n) is 7.76. The first-order valence-corrected chi connectivity index (χ1v) is 10.6. The van der Waals surface area contributed by atoms with Crippen LogP contribution in [0.15, 0.2) is 46.9 Å². The van der Waals surface area contributed by atoms with Crippen molar-refractivity contribution in [2.75, 3.05) is 6.54 Å². The first-order chi connectivity index (χ1) is 14.2. The molecule has 0 aliphatic rings. The molecule has 2 rings (SSSR count). The van der Waals surface area contributed by atoms with Crippen molar-refractivity contribution in [2.45, 2.75) is 51.8 Å². The Kier molecular flexibility index (Phi) is 8.35. The number of ether oxygens (including phenoxy) is 1. The number of nitrogens with zero attached hydrogens (tertiary/aromatic N) is 3. The van der Waals surface area contributed by atoms with Crippen LogP contribution in [0.3, 0.4) is 0 Å². The van der Waals surface area contributed by atoms with E-state index in [1.807, 2.05) is 30.3 Å². The highest BCUT2D eigenvalue weighted by Gasteiger charge is 2.34. The fraction of sp³-hybridized carbons (Fsp3) is 0.429. The topological polar surface area (TPSA) is 124 Å². The number of carbonyl (C=O) groups is 2. The number of nitrogens with two attached hydrogens (primary N) is 2. The van der Waals surface area contributed by atoms with Crippen LogP contribution in [0.4, 0.5) is 4.79 Å². The highest BCUT2D eigenvalue weighted by atomic mass is 32.1. The molecule has 1 atom stereocenters. The lowest BCUT2D eigenvalue weighted by Gasteiger charge is -2.32. The van der Waals surface area contributed by atoms with Crippen LogP contribution in [0.25, 0.3) is 0 Å². The molecule has 0 radical (unpaired) electrons. The maximum atomic E-state index is 13.2. The minimum atomic E-state index is -0.750. The Morgan fingerprint density at radius 2 is 1.93 bits per heavy atom. The molecule has 1 amide bonds. The van der Waals surface area contributed by atoms with Crippen molar-refractivity contribution in [1.82, 2.24) is 9.88 Å². The number of benzene rings is 1.